The molecule has 1 amide bonds. The summed E-state index contributed by atoms with van der Waals surface area (Å²) < 4.78 is 0. The molecule has 0 radical (unpaired) electrons. The topological polar surface area (TPSA) is 48.5 Å². The third-order valence-corrected chi connectivity index (χ3v) is 4.82. The number of piperazine rings is 1. The Kier molecular flexibility index (Phi) is 6.34. The van der Waals surface area contributed by atoms with Crippen molar-refractivity contribution in [1.82, 2.24) is 9.88 Å². The second kappa shape index (κ2) is 8.90. The zero-order chi connectivity index (χ0) is 18.4. The van der Waals surface area contributed by atoms with Crippen molar-refractivity contribution in [1.29, 1.82) is 0 Å². The van der Waals surface area contributed by atoms with Crippen LogP contribution in [0.5, 0.6) is 0 Å². The van der Waals surface area contributed by atoms with E-state index in [1.807, 2.05) is 35.2 Å². The molecule has 2 heterocycles. The Hall–Kier alpha value is -2.27. The number of hydrogen-bond acceptors (Lipinski definition) is 4. The van der Waals surface area contributed by atoms with E-state index >= 15 is 0 Å². The molecule has 6 heteroatoms. The van der Waals surface area contributed by atoms with Crippen LogP contribution in [0, 0.1) is 0 Å². The molecule has 1 saturated heterocycles. The van der Waals surface area contributed by atoms with Gasteiger partial charge in [0.15, 0.2) is 0 Å². The largest absolute Gasteiger partial charge is 0.370 e. The molecule has 2 aromatic rings. The van der Waals surface area contributed by atoms with Crippen LogP contribution in [0.3, 0.4) is 0 Å². The van der Waals surface area contributed by atoms with Gasteiger partial charge in [0.2, 0.25) is 0 Å². The van der Waals surface area contributed by atoms with Crippen LogP contribution in [-0.2, 0) is 0 Å². The van der Waals surface area contributed by atoms with Gasteiger partial charge >= 0.3 is 0 Å². The lowest BCUT2D eigenvalue weighted by atomic mass is 10.2. The van der Waals surface area contributed by atoms with Crippen molar-refractivity contribution in [2.45, 2.75) is 19.8 Å². The zero-order valence-corrected chi connectivity index (χ0v) is 15.9. The summed E-state index contributed by atoms with van der Waals surface area (Å²) in [6, 6.07) is 11.6. The second-order valence-corrected chi connectivity index (χ2v) is 6.91. The molecule has 0 aliphatic carbocycles. The number of nitrogens with one attached hydrogen (secondary N) is 1. The maximum Gasteiger partial charge on any atom is 0.255 e. The van der Waals surface area contributed by atoms with Crippen molar-refractivity contribution in [2.75, 3.05) is 42.9 Å². The number of nitrogens with zero attached hydrogens (tertiary/aromatic N) is 3. The maximum absolute atomic E-state index is 12.7. The van der Waals surface area contributed by atoms with Crippen molar-refractivity contribution in [2.24, 2.45) is 0 Å². The van der Waals surface area contributed by atoms with E-state index in [1.54, 1.807) is 6.20 Å². The number of pyridine rings is 1. The number of unbranched alkanes of at least 4 members (excludes halogenated alkanes) is 1. The smallest absolute Gasteiger partial charge is 0.255 e. The molecule has 0 spiro atoms. The van der Waals surface area contributed by atoms with Gasteiger partial charge in [0.25, 0.3) is 5.91 Å². The predicted octanol–water partition coefficient (Wildman–Crippen LogP) is 3.91. The van der Waals surface area contributed by atoms with E-state index in [2.05, 4.69) is 28.2 Å². The fraction of sp³-hybridized carbons (Fsp3) is 0.400. The molecule has 1 aromatic heterocycles. The van der Waals surface area contributed by atoms with Gasteiger partial charge in [0.1, 0.15) is 5.82 Å². The first-order valence-corrected chi connectivity index (χ1v) is 9.55. The molecule has 0 unspecified atom stereocenters. The molecular weight excluding hydrogens is 348 g/mol. The second-order valence-electron chi connectivity index (χ2n) is 6.47. The molecule has 0 atom stereocenters. The first-order chi connectivity index (χ1) is 12.7. The zero-order valence-electron chi connectivity index (χ0n) is 15.1. The summed E-state index contributed by atoms with van der Waals surface area (Å²) >= 11 is 6.07. The third kappa shape index (κ3) is 4.67. The van der Waals surface area contributed by atoms with Crippen molar-refractivity contribution < 1.29 is 4.79 Å². The van der Waals surface area contributed by atoms with E-state index < -0.39 is 0 Å². The molecule has 0 bridgehead atoms. The minimum absolute atomic E-state index is 0.0448. The van der Waals surface area contributed by atoms with Gasteiger partial charge in [-0.1, -0.05) is 31.0 Å². The summed E-state index contributed by atoms with van der Waals surface area (Å²) in [5.74, 6) is 0.865. The maximum atomic E-state index is 12.7. The van der Waals surface area contributed by atoms with Crippen LogP contribution in [-0.4, -0.2) is 48.5 Å². The molecule has 1 aromatic carbocycles. The van der Waals surface area contributed by atoms with Gasteiger partial charge in [-0.2, -0.15) is 0 Å². The van der Waals surface area contributed by atoms with E-state index in [1.165, 1.54) is 0 Å². The van der Waals surface area contributed by atoms with Crippen LogP contribution in [0.1, 0.15) is 30.1 Å². The van der Waals surface area contributed by atoms with E-state index in [0.717, 1.165) is 49.0 Å². The molecule has 26 heavy (non-hydrogen) atoms. The minimum atomic E-state index is 0.0448. The minimum Gasteiger partial charge on any atom is -0.370 e. The summed E-state index contributed by atoms with van der Waals surface area (Å²) in [5.41, 5.74) is 1.75. The highest BCUT2D eigenvalue weighted by atomic mass is 35.5. The van der Waals surface area contributed by atoms with Crippen LogP contribution < -0.4 is 10.2 Å². The fourth-order valence-electron chi connectivity index (χ4n) is 3.04. The van der Waals surface area contributed by atoms with E-state index in [-0.39, 0.29) is 5.91 Å². The summed E-state index contributed by atoms with van der Waals surface area (Å²) in [4.78, 5) is 21.2. The van der Waals surface area contributed by atoms with Gasteiger partial charge in [0, 0.05) is 49.6 Å². The Morgan fingerprint density at radius 1 is 1.19 bits per heavy atom. The molecule has 138 valence electrons. The SMILES string of the molecule is CCCCNc1ccc(C(=O)N2CCN(c3cccc(Cl)c3)CC2)cn1. The fourth-order valence-corrected chi connectivity index (χ4v) is 3.23. The Labute approximate surface area is 160 Å². The number of rotatable bonds is 6. The Balaban J connectivity index is 1.54. The number of amides is 1. The Morgan fingerprint density at radius 2 is 2.00 bits per heavy atom. The number of benzene rings is 1. The quantitative estimate of drug-likeness (QED) is 0.781. The summed E-state index contributed by atoms with van der Waals surface area (Å²) in [5, 5.41) is 4.00. The lowest BCUT2D eigenvalue weighted by molar-refractivity contribution is 0.0746. The molecule has 1 aliphatic rings. The number of aromatic nitrogens is 1. The van der Waals surface area contributed by atoms with Crippen molar-refractivity contribution in [3.8, 4) is 0 Å². The highest BCUT2D eigenvalue weighted by Gasteiger charge is 2.22. The number of halogens is 1. The Morgan fingerprint density at radius 3 is 2.65 bits per heavy atom. The van der Waals surface area contributed by atoms with Crippen LogP contribution >= 0.6 is 11.6 Å². The number of carbonyl (C=O) groups excluding carboxylic acids is 1. The van der Waals surface area contributed by atoms with E-state index in [4.69, 9.17) is 11.6 Å². The van der Waals surface area contributed by atoms with Gasteiger partial charge in [0.05, 0.1) is 5.56 Å². The molecular formula is C20H25ClN4O. The highest BCUT2D eigenvalue weighted by molar-refractivity contribution is 6.30. The number of hydrogen-bond donors (Lipinski definition) is 1. The molecule has 5 nitrogen and oxygen atoms in total. The van der Waals surface area contributed by atoms with E-state index in [9.17, 15) is 4.79 Å². The summed E-state index contributed by atoms with van der Waals surface area (Å²) in [6.07, 6.45) is 3.92. The molecule has 1 aliphatic heterocycles. The number of anilines is 2. The monoisotopic (exact) mass is 372 g/mol. The third-order valence-electron chi connectivity index (χ3n) is 4.59. The van der Waals surface area contributed by atoms with Crippen LogP contribution in [0.15, 0.2) is 42.6 Å². The van der Waals surface area contributed by atoms with E-state index in [0.29, 0.717) is 18.7 Å². The highest BCUT2D eigenvalue weighted by Crippen LogP contribution is 2.21. The van der Waals surface area contributed by atoms with Gasteiger partial charge in [-0.15, -0.1) is 0 Å². The van der Waals surface area contributed by atoms with Gasteiger partial charge in [-0.3, -0.25) is 4.79 Å². The van der Waals surface area contributed by atoms with Crippen molar-refractivity contribution in [3.05, 3.63) is 53.2 Å². The van der Waals surface area contributed by atoms with Crippen molar-refractivity contribution >= 4 is 29.0 Å². The average molecular weight is 373 g/mol. The van der Waals surface area contributed by atoms with Crippen molar-refractivity contribution in [3.63, 3.8) is 0 Å². The Bertz CT molecular complexity index is 727. The molecule has 1 N–H and O–H groups in total. The molecule has 0 saturated carbocycles. The van der Waals surface area contributed by atoms with Crippen LogP contribution in [0.25, 0.3) is 0 Å². The lowest BCUT2D eigenvalue weighted by Crippen LogP contribution is -2.48. The molecule has 1 fully saturated rings. The number of carbonyl (C=O) groups is 1. The van der Waals surface area contributed by atoms with Gasteiger partial charge in [-0.25, -0.2) is 4.98 Å². The predicted molar refractivity (Wildman–Crippen MR) is 107 cm³/mol. The summed E-state index contributed by atoms with van der Waals surface area (Å²) in [7, 11) is 0. The summed E-state index contributed by atoms with van der Waals surface area (Å²) in [6.45, 7) is 6.06. The van der Waals surface area contributed by atoms with Crippen LogP contribution in [0.2, 0.25) is 5.02 Å². The first-order valence-electron chi connectivity index (χ1n) is 9.17. The van der Waals surface area contributed by atoms with Gasteiger partial charge < -0.3 is 15.1 Å². The standard InChI is InChI=1S/C20H25ClN4O/c1-2-3-9-22-19-8-7-16(15-23-19)20(26)25-12-10-24(11-13-25)18-6-4-5-17(21)14-18/h4-8,14-15H,2-3,9-13H2,1H3,(H,22,23). The normalized spacial score (nSPS) is 14.4. The average Bonchev–Trinajstić information content (AvgIpc) is 2.68. The first kappa shape index (κ1) is 18.5. The molecule has 3 rings (SSSR count). The van der Waals surface area contributed by atoms with Gasteiger partial charge in [-0.05, 0) is 36.8 Å². The lowest BCUT2D eigenvalue weighted by Gasteiger charge is -2.36. The van der Waals surface area contributed by atoms with Crippen LogP contribution in [0.4, 0.5) is 11.5 Å².